The second-order valence-corrected chi connectivity index (χ2v) is 8.16. The quantitative estimate of drug-likeness (QED) is 0.485. The maximum Gasteiger partial charge on any atom is 0.254 e. The topological polar surface area (TPSA) is 91.6 Å². The van der Waals surface area contributed by atoms with Gasteiger partial charge in [0.2, 0.25) is 11.9 Å². The summed E-state index contributed by atoms with van der Waals surface area (Å²) in [6, 6.07) is 18.5. The predicted octanol–water partition coefficient (Wildman–Crippen LogP) is 4.27. The van der Waals surface area contributed by atoms with E-state index in [4.69, 9.17) is 9.40 Å². The van der Waals surface area contributed by atoms with Gasteiger partial charge in [0.1, 0.15) is 5.76 Å². The van der Waals surface area contributed by atoms with Crippen LogP contribution in [-0.2, 0) is 17.8 Å². The van der Waals surface area contributed by atoms with E-state index >= 15 is 0 Å². The molecule has 0 bridgehead atoms. The highest BCUT2D eigenvalue weighted by molar-refractivity contribution is 6.01. The fourth-order valence-electron chi connectivity index (χ4n) is 3.97. The molecule has 0 spiro atoms. The molecule has 4 aromatic rings. The number of amides is 2. The van der Waals surface area contributed by atoms with Crippen molar-refractivity contribution in [1.82, 2.24) is 14.9 Å². The lowest BCUT2D eigenvalue weighted by Gasteiger charge is -2.17. The van der Waals surface area contributed by atoms with Crippen LogP contribution in [0.2, 0.25) is 0 Å². The van der Waals surface area contributed by atoms with Crippen LogP contribution in [0.4, 0.5) is 17.3 Å². The van der Waals surface area contributed by atoms with Gasteiger partial charge in [-0.1, -0.05) is 18.2 Å². The van der Waals surface area contributed by atoms with Crippen molar-refractivity contribution in [2.45, 2.75) is 13.0 Å². The third-order valence-electron chi connectivity index (χ3n) is 5.81. The minimum absolute atomic E-state index is 0.00668. The molecule has 0 fully saturated rings. The van der Waals surface area contributed by atoms with E-state index in [9.17, 15) is 9.59 Å². The molecule has 2 aromatic heterocycles. The van der Waals surface area contributed by atoms with Crippen molar-refractivity contribution >= 4 is 29.1 Å². The third-order valence-corrected chi connectivity index (χ3v) is 5.81. The molecule has 2 aromatic carbocycles. The third kappa shape index (κ3) is 4.13. The zero-order valence-corrected chi connectivity index (χ0v) is 18.9. The van der Waals surface area contributed by atoms with E-state index in [1.54, 1.807) is 54.6 Å². The highest BCUT2D eigenvalue weighted by Gasteiger charge is 2.24. The molecule has 0 unspecified atom stereocenters. The van der Waals surface area contributed by atoms with Gasteiger partial charge in [0.25, 0.3) is 5.91 Å². The molecule has 1 aliphatic heterocycles. The van der Waals surface area contributed by atoms with Gasteiger partial charge in [0.05, 0.1) is 30.6 Å². The number of nitrogens with one attached hydrogen (secondary N) is 1. The van der Waals surface area contributed by atoms with E-state index in [1.807, 2.05) is 42.5 Å². The smallest absolute Gasteiger partial charge is 0.254 e. The number of para-hydroxylation sites is 1. The van der Waals surface area contributed by atoms with Crippen LogP contribution >= 0.6 is 0 Å². The summed E-state index contributed by atoms with van der Waals surface area (Å²) in [6.45, 7) is 0.397. The van der Waals surface area contributed by atoms with Gasteiger partial charge in [-0.3, -0.25) is 9.59 Å². The fraction of sp³-hybridized carbons (Fsp3) is 0.154. The SMILES string of the molecule is CN(Cc1ccco1)C(=O)c1ccc(Nc2ncc3c(n2)-c2ccccc2N(C)C(=O)C3)cc1. The van der Waals surface area contributed by atoms with E-state index in [1.165, 1.54) is 0 Å². The van der Waals surface area contributed by atoms with E-state index in [2.05, 4.69) is 10.3 Å². The first-order valence-corrected chi connectivity index (χ1v) is 10.9. The Bertz CT molecular complexity index is 1350. The largest absolute Gasteiger partial charge is 0.467 e. The summed E-state index contributed by atoms with van der Waals surface area (Å²) < 4.78 is 5.32. The summed E-state index contributed by atoms with van der Waals surface area (Å²) in [7, 11) is 3.51. The second kappa shape index (κ2) is 8.82. The molecule has 3 heterocycles. The number of aromatic nitrogens is 2. The lowest BCUT2D eigenvalue weighted by molar-refractivity contribution is -0.117. The number of carbonyl (C=O) groups excluding carboxylic acids is 2. The molecule has 0 radical (unpaired) electrons. The van der Waals surface area contributed by atoms with Crippen LogP contribution in [0.15, 0.2) is 77.5 Å². The molecule has 8 heteroatoms. The number of nitrogens with zero attached hydrogens (tertiary/aromatic N) is 4. The highest BCUT2D eigenvalue weighted by atomic mass is 16.3. The van der Waals surface area contributed by atoms with Crippen LogP contribution in [0.5, 0.6) is 0 Å². The van der Waals surface area contributed by atoms with Crippen molar-refractivity contribution in [2.24, 2.45) is 0 Å². The summed E-state index contributed by atoms with van der Waals surface area (Å²) in [5.41, 5.74) is 4.54. The summed E-state index contributed by atoms with van der Waals surface area (Å²) in [5.74, 6) is 1.03. The number of anilines is 3. The van der Waals surface area contributed by atoms with Gasteiger partial charge >= 0.3 is 0 Å². The van der Waals surface area contributed by atoms with Gasteiger partial charge in [-0.15, -0.1) is 0 Å². The number of hydrogen-bond acceptors (Lipinski definition) is 6. The van der Waals surface area contributed by atoms with Crippen molar-refractivity contribution in [2.75, 3.05) is 24.3 Å². The fourth-order valence-corrected chi connectivity index (χ4v) is 3.97. The van der Waals surface area contributed by atoms with Gasteiger partial charge in [-0.05, 0) is 42.5 Å². The van der Waals surface area contributed by atoms with Crippen molar-refractivity contribution in [3.8, 4) is 11.3 Å². The molecular formula is C26H23N5O3. The molecule has 0 atom stereocenters. The number of hydrogen-bond donors (Lipinski definition) is 1. The van der Waals surface area contributed by atoms with Crippen LogP contribution in [0.3, 0.4) is 0 Å². The van der Waals surface area contributed by atoms with E-state index in [-0.39, 0.29) is 18.2 Å². The van der Waals surface area contributed by atoms with E-state index < -0.39 is 0 Å². The average molecular weight is 454 g/mol. The van der Waals surface area contributed by atoms with E-state index in [0.29, 0.717) is 18.1 Å². The Morgan fingerprint density at radius 2 is 1.91 bits per heavy atom. The zero-order chi connectivity index (χ0) is 23.7. The first kappa shape index (κ1) is 21.4. The number of carbonyl (C=O) groups is 2. The second-order valence-electron chi connectivity index (χ2n) is 8.16. The van der Waals surface area contributed by atoms with Gasteiger partial charge in [-0.25, -0.2) is 9.97 Å². The van der Waals surface area contributed by atoms with Gasteiger partial charge in [0, 0.05) is 42.7 Å². The lowest BCUT2D eigenvalue weighted by atomic mass is 10.1. The van der Waals surface area contributed by atoms with Crippen LogP contribution in [0, 0.1) is 0 Å². The average Bonchev–Trinajstić information content (AvgIpc) is 3.34. The number of likely N-dealkylation sites (N-methyl/N-ethyl adjacent to an activating group) is 1. The molecule has 170 valence electrons. The minimum atomic E-state index is -0.102. The molecule has 2 amide bonds. The Morgan fingerprint density at radius 1 is 1.12 bits per heavy atom. The number of furan rings is 1. The minimum Gasteiger partial charge on any atom is -0.467 e. The standard InChI is InChI=1S/C26H23N5O3/c1-30(16-20-6-5-13-34-20)25(33)17-9-11-19(12-10-17)28-26-27-15-18-14-23(32)31(2)22-8-4-3-7-21(22)24(18)29-26/h3-13,15H,14,16H2,1-2H3,(H,27,28,29). The Morgan fingerprint density at radius 3 is 2.68 bits per heavy atom. The molecule has 0 saturated carbocycles. The maximum absolute atomic E-state index is 12.7. The predicted molar refractivity (Wildman–Crippen MR) is 129 cm³/mol. The molecule has 1 aliphatic rings. The van der Waals surface area contributed by atoms with Gasteiger partial charge in [-0.2, -0.15) is 0 Å². The summed E-state index contributed by atoms with van der Waals surface area (Å²) in [5, 5.41) is 3.20. The summed E-state index contributed by atoms with van der Waals surface area (Å²) in [4.78, 5) is 37.7. The van der Waals surface area contributed by atoms with Crippen LogP contribution in [-0.4, -0.2) is 40.8 Å². The van der Waals surface area contributed by atoms with Gasteiger partial charge < -0.3 is 19.5 Å². The van der Waals surface area contributed by atoms with Crippen LogP contribution in [0.25, 0.3) is 11.3 Å². The number of benzene rings is 2. The molecule has 8 nitrogen and oxygen atoms in total. The summed E-state index contributed by atoms with van der Waals surface area (Å²) in [6.07, 6.45) is 3.52. The highest BCUT2D eigenvalue weighted by Crippen LogP contribution is 2.35. The molecular weight excluding hydrogens is 430 g/mol. The first-order valence-electron chi connectivity index (χ1n) is 10.9. The number of rotatable bonds is 5. The first-order chi connectivity index (χ1) is 16.5. The van der Waals surface area contributed by atoms with Crippen molar-refractivity contribution in [3.05, 3.63) is 90.0 Å². The Kier molecular flexibility index (Phi) is 5.55. The molecule has 34 heavy (non-hydrogen) atoms. The van der Waals surface area contributed by atoms with Crippen molar-refractivity contribution in [1.29, 1.82) is 0 Å². The maximum atomic E-state index is 12.7. The lowest BCUT2D eigenvalue weighted by Crippen LogP contribution is -2.26. The van der Waals surface area contributed by atoms with Crippen molar-refractivity contribution < 1.29 is 14.0 Å². The monoisotopic (exact) mass is 453 g/mol. The molecule has 5 rings (SSSR count). The van der Waals surface area contributed by atoms with Crippen LogP contribution < -0.4 is 10.2 Å². The Hall–Kier alpha value is -4.46. The Labute approximate surface area is 196 Å². The van der Waals surface area contributed by atoms with Gasteiger partial charge in [0.15, 0.2) is 0 Å². The molecule has 1 N–H and O–H groups in total. The van der Waals surface area contributed by atoms with Crippen LogP contribution in [0.1, 0.15) is 21.7 Å². The van der Waals surface area contributed by atoms with Crippen molar-refractivity contribution in [3.63, 3.8) is 0 Å². The number of fused-ring (bicyclic) bond motifs is 3. The molecule has 0 aliphatic carbocycles. The molecule has 0 saturated heterocycles. The Balaban J connectivity index is 1.35. The zero-order valence-electron chi connectivity index (χ0n) is 18.9. The normalized spacial score (nSPS) is 12.5. The summed E-state index contributed by atoms with van der Waals surface area (Å²) >= 11 is 0. The van der Waals surface area contributed by atoms with E-state index in [0.717, 1.165) is 34.0 Å².